The van der Waals surface area contributed by atoms with Gasteiger partial charge in [-0.1, -0.05) is 126 Å². The minimum atomic E-state index is 0.000972. The van der Waals surface area contributed by atoms with Gasteiger partial charge >= 0.3 is 0 Å². The molecule has 2 aromatic rings. The maximum Gasteiger partial charge on any atom is 0.185 e. The number of benzene rings is 2. The van der Waals surface area contributed by atoms with Crippen LogP contribution in [0.5, 0.6) is 0 Å². The second-order valence-electron chi connectivity index (χ2n) is 9.02. The zero-order chi connectivity index (χ0) is 22.9. The van der Waals surface area contributed by atoms with E-state index in [1.807, 2.05) is 42.5 Å². The number of anilines is 1. The van der Waals surface area contributed by atoms with Crippen LogP contribution in [0.3, 0.4) is 0 Å². The van der Waals surface area contributed by atoms with Gasteiger partial charge in [-0.05, 0) is 42.2 Å². The fraction of sp³-hybridized carbons (Fsp3) is 0.500. The van der Waals surface area contributed by atoms with E-state index < -0.39 is 0 Å². The molecule has 0 spiro atoms. The summed E-state index contributed by atoms with van der Waals surface area (Å²) in [6.45, 7) is 2.28. The smallest absolute Gasteiger partial charge is 0.185 e. The molecule has 0 aliphatic carbocycles. The molecule has 0 amide bonds. The van der Waals surface area contributed by atoms with Gasteiger partial charge in [-0.2, -0.15) is 0 Å². The Balaban J connectivity index is 1.56. The molecule has 0 fully saturated rings. The third-order valence-electron chi connectivity index (χ3n) is 6.19. The van der Waals surface area contributed by atoms with E-state index in [1.165, 1.54) is 89.0 Å². The number of aryl methyl sites for hydroxylation is 1. The zero-order valence-corrected chi connectivity index (χ0v) is 20.2. The van der Waals surface area contributed by atoms with Gasteiger partial charge in [-0.25, -0.2) is 0 Å². The Kier molecular flexibility index (Phi) is 13.2. The van der Waals surface area contributed by atoms with E-state index in [1.54, 1.807) is 6.08 Å². The van der Waals surface area contributed by atoms with Crippen molar-refractivity contribution in [3.63, 3.8) is 0 Å². The van der Waals surface area contributed by atoms with Crippen LogP contribution in [-0.2, 0) is 6.42 Å². The number of hydrogen-bond acceptors (Lipinski definition) is 2. The van der Waals surface area contributed by atoms with Gasteiger partial charge in [0, 0.05) is 11.3 Å². The van der Waals surface area contributed by atoms with Crippen molar-refractivity contribution in [2.75, 3.05) is 5.73 Å². The third-order valence-corrected chi connectivity index (χ3v) is 6.19. The van der Waals surface area contributed by atoms with Gasteiger partial charge in [-0.3, -0.25) is 4.79 Å². The van der Waals surface area contributed by atoms with Crippen molar-refractivity contribution >= 4 is 17.5 Å². The van der Waals surface area contributed by atoms with Crippen molar-refractivity contribution in [1.29, 1.82) is 0 Å². The second kappa shape index (κ2) is 16.3. The van der Waals surface area contributed by atoms with E-state index in [0.717, 1.165) is 17.7 Å². The summed E-state index contributed by atoms with van der Waals surface area (Å²) in [6, 6.07) is 15.6. The fourth-order valence-corrected chi connectivity index (χ4v) is 4.14. The number of allylic oxidation sites excluding steroid dienone is 1. The number of rotatable bonds is 17. The molecule has 2 heteroatoms. The van der Waals surface area contributed by atoms with Gasteiger partial charge < -0.3 is 5.73 Å². The monoisotopic (exact) mass is 433 g/mol. The standard InChI is InChI=1S/C30H43NO/c1-2-3-4-5-6-7-8-9-10-11-12-13-15-18-26-21-22-27(29(31)25-26)23-24-30(32)28-19-16-14-17-20-28/h14,16-17,19-25H,2-13,15,18,31H2,1H3. The molecule has 0 radical (unpaired) electrons. The molecule has 0 aliphatic rings. The minimum Gasteiger partial charge on any atom is -0.398 e. The van der Waals surface area contributed by atoms with Crippen LogP contribution in [0.25, 0.3) is 6.08 Å². The van der Waals surface area contributed by atoms with E-state index in [9.17, 15) is 4.79 Å². The average molecular weight is 434 g/mol. The van der Waals surface area contributed by atoms with Crippen LogP contribution >= 0.6 is 0 Å². The molecule has 32 heavy (non-hydrogen) atoms. The Labute approximate surface area is 196 Å². The molecule has 0 unspecified atom stereocenters. The van der Waals surface area contributed by atoms with Crippen LogP contribution in [-0.4, -0.2) is 5.78 Å². The number of unbranched alkanes of at least 4 members (excludes halogenated alkanes) is 12. The van der Waals surface area contributed by atoms with Crippen LogP contribution in [0.15, 0.2) is 54.6 Å². The van der Waals surface area contributed by atoms with Gasteiger partial charge in [0.2, 0.25) is 0 Å². The molecule has 0 bridgehead atoms. The summed E-state index contributed by atoms with van der Waals surface area (Å²) < 4.78 is 0. The molecule has 2 nitrogen and oxygen atoms in total. The lowest BCUT2D eigenvalue weighted by Crippen LogP contribution is -1.95. The zero-order valence-electron chi connectivity index (χ0n) is 20.2. The van der Waals surface area contributed by atoms with Crippen LogP contribution in [0.1, 0.15) is 112 Å². The lowest BCUT2D eigenvalue weighted by molar-refractivity contribution is 0.104. The van der Waals surface area contributed by atoms with Crippen molar-refractivity contribution in [3.05, 3.63) is 71.3 Å². The van der Waals surface area contributed by atoms with Crippen molar-refractivity contribution in [3.8, 4) is 0 Å². The first-order valence-corrected chi connectivity index (χ1v) is 12.9. The third kappa shape index (κ3) is 10.8. The predicted molar refractivity (Wildman–Crippen MR) is 140 cm³/mol. The average Bonchev–Trinajstić information content (AvgIpc) is 2.82. The fourth-order valence-electron chi connectivity index (χ4n) is 4.14. The van der Waals surface area contributed by atoms with Crippen LogP contribution in [0, 0.1) is 0 Å². The summed E-state index contributed by atoms with van der Waals surface area (Å²) in [4.78, 5) is 12.2. The van der Waals surface area contributed by atoms with E-state index >= 15 is 0 Å². The number of ketones is 1. The molecule has 2 N–H and O–H groups in total. The predicted octanol–water partition coefficient (Wildman–Crippen LogP) is 8.80. The van der Waals surface area contributed by atoms with E-state index in [-0.39, 0.29) is 5.78 Å². The molecule has 0 aliphatic heterocycles. The summed E-state index contributed by atoms with van der Waals surface area (Å²) in [7, 11) is 0. The van der Waals surface area contributed by atoms with Crippen molar-refractivity contribution in [2.24, 2.45) is 0 Å². The van der Waals surface area contributed by atoms with Gasteiger partial charge in [0.25, 0.3) is 0 Å². The molecule has 2 rings (SSSR count). The SMILES string of the molecule is CCCCCCCCCCCCCCCc1ccc(C=CC(=O)c2ccccc2)c(N)c1. The Morgan fingerprint density at radius 3 is 1.88 bits per heavy atom. The van der Waals surface area contributed by atoms with Crippen LogP contribution < -0.4 is 5.73 Å². The summed E-state index contributed by atoms with van der Waals surface area (Å²) in [5.74, 6) is 0.000972. The largest absolute Gasteiger partial charge is 0.398 e. The number of carbonyl (C=O) groups excluding carboxylic acids is 1. The number of nitrogens with two attached hydrogens (primary N) is 1. The molecular formula is C30H43NO. The Morgan fingerprint density at radius 1 is 0.750 bits per heavy atom. The number of carbonyl (C=O) groups is 1. The van der Waals surface area contributed by atoms with Crippen molar-refractivity contribution in [2.45, 2.75) is 96.8 Å². The van der Waals surface area contributed by atoms with Gasteiger partial charge in [0.05, 0.1) is 0 Å². The molecule has 2 aromatic carbocycles. The van der Waals surface area contributed by atoms with E-state index in [4.69, 9.17) is 5.73 Å². The summed E-state index contributed by atoms with van der Waals surface area (Å²) in [5, 5.41) is 0. The quantitative estimate of drug-likeness (QED) is 0.117. The van der Waals surface area contributed by atoms with E-state index in [0.29, 0.717) is 5.56 Å². The summed E-state index contributed by atoms with van der Waals surface area (Å²) in [6.07, 6.45) is 22.4. The molecule has 0 aromatic heterocycles. The maximum atomic E-state index is 12.2. The van der Waals surface area contributed by atoms with Crippen molar-refractivity contribution in [1.82, 2.24) is 0 Å². The summed E-state index contributed by atoms with van der Waals surface area (Å²) >= 11 is 0. The topological polar surface area (TPSA) is 43.1 Å². The van der Waals surface area contributed by atoms with Crippen LogP contribution in [0.4, 0.5) is 5.69 Å². The molecular weight excluding hydrogens is 390 g/mol. The molecule has 0 atom stereocenters. The highest BCUT2D eigenvalue weighted by atomic mass is 16.1. The Hall–Kier alpha value is -2.35. The molecule has 174 valence electrons. The first-order valence-electron chi connectivity index (χ1n) is 12.9. The number of hydrogen-bond donors (Lipinski definition) is 1. The van der Waals surface area contributed by atoms with E-state index in [2.05, 4.69) is 19.1 Å². The van der Waals surface area contributed by atoms with Gasteiger partial charge in [0.1, 0.15) is 0 Å². The first-order chi connectivity index (χ1) is 15.7. The maximum absolute atomic E-state index is 12.2. The lowest BCUT2D eigenvalue weighted by atomic mass is 10.0. The van der Waals surface area contributed by atoms with Gasteiger partial charge in [0.15, 0.2) is 5.78 Å². The Bertz CT molecular complexity index is 794. The normalized spacial score (nSPS) is 11.3. The minimum absolute atomic E-state index is 0.000972. The highest BCUT2D eigenvalue weighted by Crippen LogP contribution is 2.19. The highest BCUT2D eigenvalue weighted by Gasteiger charge is 2.02. The molecule has 0 saturated carbocycles. The highest BCUT2D eigenvalue weighted by molar-refractivity contribution is 6.07. The van der Waals surface area contributed by atoms with Crippen LogP contribution in [0.2, 0.25) is 0 Å². The van der Waals surface area contributed by atoms with Crippen molar-refractivity contribution < 1.29 is 4.79 Å². The molecule has 0 heterocycles. The lowest BCUT2D eigenvalue weighted by Gasteiger charge is -2.06. The number of nitrogen functional groups attached to an aromatic ring is 1. The summed E-state index contributed by atoms with van der Waals surface area (Å²) in [5.41, 5.74) is 9.86. The first kappa shape index (κ1) is 25.9. The van der Waals surface area contributed by atoms with Gasteiger partial charge in [-0.15, -0.1) is 0 Å². The molecule has 0 saturated heterocycles. The second-order valence-corrected chi connectivity index (χ2v) is 9.02. The Morgan fingerprint density at radius 2 is 1.31 bits per heavy atom.